The van der Waals surface area contributed by atoms with Gasteiger partial charge in [-0.1, -0.05) is 25.3 Å². The van der Waals surface area contributed by atoms with E-state index in [2.05, 4.69) is 31.1 Å². The first-order valence-electron chi connectivity index (χ1n) is 8.61. The SMILES string of the molecule is CCN(CC)C(=O)C1(N[C@H](C)c2ccccn2)CCCCC1. The Hall–Kier alpha value is -1.42. The Kier molecular flexibility index (Phi) is 5.95. The van der Waals surface area contributed by atoms with Gasteiger partial charge in [0.05, 0.1) is 11.2 Å². The quantitative estimate of drug-likeness (QED) is 0.877. The highest BCUT2D eigenvalue weighted by molar-refractivity contribution is 5.86. The zero-order valence-corrected chi connectivity index (χ0v) is 14.1. The van der Waals surface area contributed by atoms with Crippen LogP contribution in [-0.4, -0.2) is 34.4 Å². The number of amides is 1. The summed E-state index contributed by atoms with van der Waals surface area (Å²) in [6.45, 7) is 7.77. The highest BCUT2D eigenvalue weighted by atomic mass is 16.2. The van der Waals surface area contributed by atoms with E-state index in [1.165, 1.54) is 6.42 Å². The number of hydrogen-bond acceptors (Lipinski definition) is 3. The first kappa shape index (κ1) is 16.9. The van der Waals surface area contributed by atoms with E-state index in [1.807, 2.05) is 29.3 Å². The summed E-state index contributed by atoms with van der Waals surface area (Å²) in [6.07, 6.45) is 7.14. The summed E-state index contributed by atoms with van der Waals surface area (Å²) in [4.78, 5) is 19.5. The standard InChI is InChI=1S/C18H29N3O/c1-4-21(5-2)17(22)18(12-8-6-9-13-18)20-15(3)16-11-7-10-14-19-16/h7,10-11,14-15,20H,4-6,8-9,12-13H2,1-3H3/t15-/m1/s1. The molecule has 0 saturated heterocycles. The molecule has 0 radical (unpaired) electrons. The van der Waals surface area contributed by atoms with Gasteiger partial charge in [-0.15, -0.1) is 0 Å². The van der Waals surface area contributed by atoms with E-state index in [0.29, 0.717) is 0 Å². The molecule has 4 nitrogen and oxygen atoms in total. The van der Waals surface area contributed by atoms with Crippen LogP contribution < -0.4 is 5.32 Å². The predicted molar refractivity (Wildman–Crippen MR) is 89.5 cm³/mol. The molecule has 0 unspecified atom stereocenters. The van der Waals surface area contributed by atoms with Crippen LogP contribution in [0, 0.1) is 0 Å². The molecular formula is C18H29N3O. The second-order valence-electron chi connectivity index (χ2n) is 6.24. The van der Waals surface area contributed by atoms with E-state index >= 15 is 0 Å². The number of nitrogens with zero attached hydrogens (tertiary/aromatic N) is 2. The summed E-state index contributed by atoms with van der Waals surface area (Å²) in [7, 11) is 0. The molecule has 122 valence electrons. The van der Waals surface area contributed by atoms with Crippen molar-refractivity contribution < 1.29 is 4.79 Å². The van der Waals surface area contributed by atoms with Crippen LogP contribution in [0.25, 0.3) is 0 Å². The number of carbonyl (C=O) groups is 1. The summed E-state index contributed by atoms with van der Waals surface area (Å²) in [5.41, 5.74) is 0.584. The lowest BCUT2D eigenvalue weighted by atomic mass is 9.79. The molecule has 0 aromatic carbocycles. The maximum atomic E-state index is 13.1. The van der Waals surface area contributed by atoms with E-state index in [1.54, 1.807) is 0 Å². The van der Waals surface area contributed by atoms with Crippen molar-refractivity contribution in [1.29, 1.82) is 0 Å². The Labute approximate surface area is 134 Å². The Balaban J connectivity index is 2.20. The summed E-state index contributed by atoms with van der Waals surface area (Å²) < 4.78 is 0. The van der Waals surface area contributed by atoms with Crippen molar-refractivity contribution in [3.63, 3.8) is 0 Å². The van der Waals surface area contributed by atoms with Crippen molar-refractivity contribution in [2.45, 2.75) is 64.5 Å². The van der Waals surface area contributed by atoms with Crippen LogP contribution in [0.15, 0.2) is 24.4 Å². The van der Waals surface area contributed by atoms with E-state index in [4.69, 9.17) is 0 Å². The molecule has 1 aliphatic carbocycles. The molecule has 1 fully saturated rings. The monoisotopic (exact) mass is 303 g/mol. The van der Waals surface area contributed by atoms with Gasteiger partial charge in [-0.05, 0) is 45.7 Å². The van der Waals surface area contributed by atoms with E-state index < -0.39 is 5.54 Å². The normalized spacial score (nSPS) is 18.7. The lowest BCUT2D eigenvalue weighted by Gasteiger charge is -2.41. The van der Waals surface area contributed by atoms with Gasteiger partial charge in [-0.3, -0.25) is 15.1 Å². The maximum absolute atomic E-state index is 13.1. The lowest BCUT2D eigenvalue weighted by Crippen LogP contribution is -2.59. The maximum Gasteiger partial charge on any atom is 0.242 e. The number of pyridine rings is 1. The smallest absolute Gasteiger partial charge is 0.242 e. The van der Waals surface area contributed by atoms with E-state index in [-0.39, 0.29) is 11.9 Å². The third kappa shape index (κ3) is 3.67. The number of carbonyl (C=O) groups excluding carboxylic acids is 1. The first-order valence-corrected chi connectivity index (χ1v) is 8.61. The van der Waals surface area contributed by atoms with Gasteiger partial charge >= 0.3 is 0 Å². The molecule has 0 bridgehead atoms. The number of likely N-dealkylation sites (N-methyl/N-ethyl adjacent to an activating group) is 1. The molecule has 1 saturated carbocycles. The number of nitrogens with one attached hydrogen (secondary N) is 1. The van der Waals surface area contributed by atoms with Crippen LogP contribution in [-0.2, 0) is 4.79 Å². The van der Waals surface area contributed by atoms with Crippen molar-refractivity contribution in [3.8, 4) is 0 Å². The predicted octanol–water partition coefficient (Wildman–Crippen LogP) is 3.30. The minimum atomic E-state index is -0.415. The fourth-order valence-corrected chi connectivity index (χ4v) is 3.51. The Bertz CT molecular complexity index is 464. The number of hydrogen-bond donors (Lipinski definition) is 1. The van der Waals surface area contributed by atoms with Gasteiger partial charge in [0.25, 0.3) is 0 Å². The Morgan fingerprint density at radius 3 is 2.50 bits per heavy atom. The van der Waals surface area contributed by atoms with Crippen molar-refractivity contribution in [2.75, 3.05) is 13.1 Å². The van der Waals surface area contributed by atoms with Gasteiger partial charge in [0.1, 0.15) is 0 Å². The molecule has 1 atom stereocenters. The molecule has 1 aromatic rings. The lowest BCUT2D eigenvalue weighted by molar-refractivity contribution is -0.140. The highest BCUT2D eigenvalue weighted by Gasteiger charge is 2.42. The highest BCUT2D eigenvalue weighted by Crippen LogP contribution is 2.32. The van der Waals surface area contributed by atoms with Crippen molar-refractivity contribution in [1.82, 2.24) is 15.2 Å². The molecule has 4 heteroatoms. The van der Waals surface area contributed by atoms with Crippen LogP contribution in [0.1, 0.15) is 64.6 Å². The van der Waals surface area contributed by atoms with Crippen LogP contribution in [0.2, 0.25) is 0 Å². The second kappa shape index (κ2) is 7.73. The van der Waals surface area contributed by atoms with Crippen LogP contribution >= 0.6 is 0 Å². The Morgan fingerprint density at radius 2 is 1.95 bits per heavy atom. The zero-order chi connectivity index (χ0) is 16.0. The average Bonchev–Trinajstić information content (AvgIpc) is 2.57. The minimum absolute atomic E-state index is 0.0822. The average molecular weight is 303 g/mol. The molecule has 1 heterocycles. The van der Waals surface area contributed by atoms with Crippen LogP contribution in [0.5, 0.6) is 0 Å². The molecule has 1 aromatic heterocycles. The van der Waals surface area contributed by atoms with E-state index in [0.717, 1.165) is 44.5 Å². The third-order valence-electron chi connectivity index (χ3n) is 4.79. The van der Waals surface area contributed by atoms with Crippen molar-refractivity contribution in [2.24, 2.45) is 0 Å². The van der Waals surface area contributed by atoms with Gasteiger partial charge in [0, 0.05) is 25.3 Å². The molecule has 1 amide bonds. The van der Waals surface area contributed by atoms with Crippen LogP contribution in [0.3, 0.4) is 0 Å². The largest absolute Gasteiger partial charge is 0.342 e. The minimum Gasteiger partial charge on any atom is -0.342 e. The van der Waals surface area contributed by atoms with Crippen molar-refractivity contribution in [3.05, 3.63) is 30.1 Å². The fraction of sp³-hybridized carbons (Fsp3) is 0.667. The van der Waals surface area contributed by atoms with Crippen LogP contribution in [0.4, 0.5) is 0 Å². The van der Waals surface area contributed by atoms with Crippen molar-refractivity contribution >= 4 is 5.91 Å². The molecule has 2 rings (SSSR count). The summed E-state index contributed by atoms with van der Waals surface area (Å²) in [5.74, 6) is 0.264. The summed E-state index contributed by atoms with van der Waals surface area (Å²) in [6, 6.07) is 6.03. The van der Waals surface area contributed by atoms with E-state index in [9.17, 15) is 4.79 Å². The summed E-state index contributed by atoms with van der Waals surface area (Å²) in [5, 5.41) is 3.64. The topological polar surface area (TPSA) is 45.2 Å². The third-order valence-corrected chi connectivity index (χ3v) is 4.79. The molecule has 0 spiro atoms. The molecule has 1 aliphatic rings. The number of aromatic nitrogens is 1. The van der Waals surface area contributed by atoms with Gasteiger partial charge in [-0.2, -0.15) is 0 Å². The fourth-order valence-electron chi connectivity index (χ4n) is 3.51. The molecule has 1 N–H and O–H groups in total. The van der Waals surface area contributed by atoms with Gasteiger partial charge in [0.2, 0.25) is 5.91 Å². The molecule has 0 aliphatic heterocycles. The summed E-state index contributed by atoms with van der Waals surface area (Å²) >= 11 is 0. The molecular weight excluding hydrogens is 274 g/mol. The van der Waals surface area contributed by atoms with Gasteiger partial charge in [0.15, 0.2) is 0 Å². The Morgan fingerprint density at radius 1 is 1.27 bits per heavy atom. The molecule has 22 heavy (non-hydrogen) atoms. The first-order chi connectivity index (χ1) is 10.6. The van der Waals surface area contributed by atoms with Gasteiger partial charge in [-0.25, -0.2) is 0 Å². The zero-order valence-electron chi connectivity index (χ0n) is 14.1. The number of rotatable bonds is 6. The second-order valence-corrected chi connectivity index (χ2v) is 6.24. The van der Waals surface area contributed by atoms with Gasteiger partial charge < -0.3 is 4.90 Å².